The van der Waals surface area contributed by atoms with E-state index in [2.05, 4.69) is 29.2 Å². The zero-order chi connectivity index (χ0) is 13.9. The van der Waals surface area contributed by atoms with Gasteiger partial charge in [0.1, 0.15) is 5.82 Å². The van der Waals surface area contributed by atoms with Crippen LogP contribution in [-0.4, -0.2) is 19.4 Å². The molecule has 1 heterocycles. The zero-order valence-corrected chi connectivity index (χ0v) is 11.2. The van der Waals surface area contributed by atoms with Gasteiger partial charge in [0.2, 0.25) is 0 Å². The number of carbonyl (C=O) groups excluding carboxylic acids is 1. The van der Waals surface area contributed by atoms with Crippen LogP contribution in [0.2, 0.25) is 0 Å². The molecular weight excluding hydrogens is 253 g/mol. The topological polar surface area (TPSA) is 20.3 Å². The van der Waals surface area contributed by atoms with Gasteiger partial charge in [0, 0.05) is 24.3 Å². The highest BCUT2D eigenvalue weighted by molar-refractivity contribution is 5.84. The first kappa shape index (κ1) is 12.9. The molecule has 1 aliphatic heterocycles. The van der Waals surface area contributed by atoms with Crippen LogP contribution in [0, 0.1) is 5.82 Å². The summed E-state index contributed by atoms with van der Waals surface area (Å²) >= 11 is 0. The molecule has 3 rings (SSSR count). The summed E-state index contributed by atoms with van der Waals surface area (Å²) in [6.45, 7) is 1.70. The third-order valence-electron chi connectivity index (χ3n) is 3.88. The van der Waals surface area contributed by atoms with Crippen molar-refractivity contribution in [2.75, 3.05) is 18.0 Å². The van der Waals surface area contributed by atoms with E-state index in [9.17, 15) is 9.18 Å². The molecule has 0 spiro atoms. The maximum absolute atomic E-state index is 13.2. The first-order valence-electron chi connectivity index (χ1n) is 6.84. The van der Waals surface area contributed by atoms with Crippen molar-refractivity contribution in [3.63, 3.8) is 0 Å². The first-order chi connectivity index (χ1) is 9.78. The Morgan fingerprint density at radius 2 is 1.65 bits per heavy atom. The molecule has 102 valence electrons. The van der Waals surface area contributed by atoms with Crippen molar-refractivity contribution in [1.82, 2.24) is 0 Å². The Morgan fingerprint density at radius 1 is 1.00 bits per heavy atom. The molecule has 3 heteroatoms. The largest absolute Gasteiger partial charge is 0.370 e. The number of aldehydes is 1. The second-order valence-corrected chi connectivity index (χ2v) is 5.08. The predicted molar refractivity (Wildman–Crippen MR) is 77.9 cm³/mol. The van der Waals surface area contributed by atoms with Crippen LogP contribution in [0.5, 0.6) is 0 Å². The summed E-state index contributed by atoms with van der Waals surface area (Å²) in [6, 6.07) is 12.9. The smallest absolute Gasteiger partial charge is 0.152 e. The van der Waals surface area contributed by atoms with Crippen molar-refractivity contribution >= 4 is 12.0 Å². The molecule has 0 saturated heterocycles. The monoisotopic (exact) mass is 269 g/mol. The van der Waals surface area contributed by atoms with Crippen LogP contribution in [0.15, 0.2) is 42.5 Å². The number of fused-ring (bicyclic) bond motifs is 1. The highest BCUT2D eigenvalue weighted by Gasteiger charge is 2.16. The van der Waals surface area contributed by atoms with Gasteiger partial charge in [-0.25, -0.2) is 4.39 Å². The fourth-order valence-electron chi connectivity index (χ4n) is 2.82. The van der Waals surface area contributed by atoms with Gasteiger partial charge in [-0.1, -0.05) is 24.3 Å². The summed E-state index contributed by atoms with van der Waals surface area (Å²) in [4.78, 5) is 13.3. The molecule has 0 N–H and O–H groups in total. The molecule has 2 aromatic rings. The number of hydrogen-bond acceptors (Lipinski definition) is 2. The SMILES string of the molecule is O=Cc1cc(F)ccc1N1CCc2ccccc2CC1. The summed E-state index contributed by atoms with van der Waals surface area (Å²) < 4.78 is 13.2. The lowest BCUT2D eigenvalue weighted by Gasteiger charge is -2.24. The van der Waals surface area contributed by atoms with Gasteiger partial charge in [0.25, 0.3) is 0 Å². The van der Waals surface area contributed by atoms with Crippen LogP contribution < -0.4 is 4.90 Å². The molecule has 1 aliphatic rings. The van der Waals surface area contributed by atoms with Gasteiger partial charge < -0.3 is 4.90 Å². The van der Waals surface area contributed by atoms with E-state index < -0.39 is 0 Å². The van der Waals surface area contributed by atoms with E-state index in [1.54, 1.807) is 6.07 Å². The second-order valence-electron chi connectivity index (χ2n) is 5.08. The van der Waals surface area contributed by atoms with Crippen molar-refractivity contribution in [2.24, 2.45) is 0 Å². The highest BCUT2D eigenvalue weighted by Crippen LogP contribution is 2.24. The lowest BCUT2D eigenvalue weighted by atomic mass is 10.0. The normalized spacial score (nSPS) is 14.6. The van der Waals surface area contributed by atoms with Crippen LogP contribution in [-0.2, 0) is 12.8 Å². The van der Waals surface area contributed by atoms with Gasteiger partial charge in [-0.2, -0.15) is 0 Å². The molecule has 0 unspecified atom stereocenters. The predicted octanol–water partition coefficient (Wildman–Crippen LogP) is 3.24. The van der Waals surface area contributed by atoms with Crippen molar-refractivity contribution in [2.45, 2.75) is 12.8 Å². The molecule has 0 fully saturated rings. The van der Waals surface area contributed by atoms with Crippen molar-refractivity contribution < 1.29 is 9.18 Å². The molecular formula is C17H16FNO. The lowest BCUT2D eigenvalue weighted by molar-refractivity contribution is 0.112. The Labute approximate surface area is 117 Å². The van der Waals surface area contributed by atoms with Gasteiger partial charge in [-0.05, 0) is 42.2 Å². The van der Waals surface area contributed by atoms with Gasteiger partial charge >= 0.3 is 0 Å². The van der Waals surface area contributed by atoms with E-state index in [4.69, 9.17) is 0 Å². The van der Waals surface area contributed by atoms with Gasteiger partial charge in [-0.15, -0.1) is 0 Å². The highest BCUT2D eigenvalue weighted by atomic mass is 19.1. The molecule has 0 amide bonds. The number of rotatable bonds is 2. The van der Waals surface area contributed by atoms with Crippen LogP contribution in [0.25, 0.3) is 0 Å². The Morgan fingerprint density at radius 3 is 2.25 bits per heavy atom. The Balaban J connectivity index is 1.89. The van der Waals surface area contributed by atoms with E-state index in [0.29, 0.717) is 5.56 Å². The summed E-state index contributed by atoms with van der Waals surface area (Å²) in [5.41, 5.74) is 3.99. The molecule has 0 bridgehead atoms. The number of hydrogen-bond donors (Lipinski definition) is 0. The molecule has 0 radical (unpaired) electrons. The minimum atomic E-state index is -0.367. The van der Waals surface area contributed by atoms with E-state index in [1.165, 1.54) is 23.3 Å². The maximum Gasteiger partial charge on any atom is 0.152 e. The van der Waals surface area contributed by atoms with Crippen molar-refractivity contribution in [1.29, 1.82) is 0 Å². The molecule has 0 aliphatic carbocycles. The van der Waals surface area contributed by atoms with E-state index in [1.807, 2.05) is 0 Å². The van der Waals surface area contributed by atoms with Gasteiger partial charge in [0.05, 0.1) is 0 Å². The fourth-order valence-corrected chi connectivity index (χ4v) is 2.82. The Kier molecular flexibility index (Phi) is 3.50. The van der Waals surface area contributed by atoms with Crippen molar-refractivity contribution in [3.05, 3.63) is 65.0 Å². The Hall–Kier alpha value is -2.16. The standard InChI is InChI=1S/C17H16FNO/c18-16-5-6-17(15(11-16)12-20)19-9-7-13-3-1-2-4-14(13)8-10-19/h1-6,11-12H,7-10H2. The minimum absolute atomic E-state index is 0.367. The van der Waals surface area contributed by atoms with Crippen molar-refractivity contribution in [3.8, 4) is 0 Å². The second kappa shape index (κ2) is 5.45. The summed E-state index contributed by atoms with van der Waals surface area (Å²) in [7, 11) is 0. The number of nitrogens with zero attached hydrogens (tertiary/aromatic N) is 1. The number of halogens is 1. The quantitative estimate of drug-likeness (QED) is 0.780. The van der Waals surface area contributed by atoms with E-state index in [-0.39, 0.29) is 5.82 Å². The van der Waals surface area contributed by atoms with Crippen LogP contribution in [0.3, 0.4) is 0 Å². The average molecular weight is 269 g/mol. The van der Waals surface area contributed by atoms with Gasteiger partial charge in [0.15, 0.2) is 6.29 Å². The summed E-state index contributed by atoms with van der Waals surface area (Å²) in [5.74, 6) is -0.367. The molecule has 0 atom stereocenters. The minimum Gasteiger partial charge on any atom is -0.370 e. The van der Waals surface area contributed by atoms with Crippen LogP contribution >= 0.6 is 0 Å². The molecule has 0 aromatic heterocycles. The number of anilines is 1. The number of benzene rings is 2. The van der Waals surface area contributed by atoms with E-state index >= 15 is 0 Å². The average Bonchev–Trinajstić information content (AvgIpc) is 2.70. The fraction of sp³-hybridized carbons (Fsp3) is 0.235. The number of carbonyl (C=O) groups is 1. The summed E-state index contributed by atoms with van der Waals surface area (Å²) in [6.07, 6.45) is 2.63. The third kappa shape index (κ3) is 2.44. The van der Waals surface area contributed by atoms with E-state index in [0.717, 1.165) is 37.9 Å². The summed E-state index contributed by atoms with van der Waals surface area (Å²) in [5, 5.41) is 0. The zero-order valence-electron chi connectivity index (χ0n) is 11.2. The van der Waals surface area contributed by atoms with Crippen LogP contribution in [0.1, 0.15) is 21.5 Å². The molecule has 20 heavy (non-hydrogen) atoms. The third-order valence-corrected chi connectivity index (χ3v) is 3.88. The molecule has 2 nitrogen and oxygen atoms in total. The lowest BCUT2D eigenvalue weighted by Crippen LogP contribution is -2.27. The Bertz CT molecular complexity index is 612. The van der Waals surface area contributed by atoms with Crippen LogP contribution in [0.4, 0.5) is 10.1 Å². The first-order valence-corrected chi connectivity index (χ1v) is 6.84. The maximum atomic E-state index is 13.2. The van der Waals surface area contributed by atoms with Gasteiger partial charge in [-0.3, -0.25) is 4.79 Å². The molecule has 2 aromatic carbocycles. The molecule has 0 saturated carbocycles.